The number of benzene rings is 5. The van der Waals surface area contributed by atoms with Crippen molar-refractivity contribution in [2.75, 3.05) is 27.2 Å². The second-order valence-electron chi connectivity index (χ2n) is 16.1. The summed E-state index contributed by atoms with van der Waals surface area (Å²) in [6, 6.07) is 39.2. The number of rotatable bonds is 11. The van der Waals surface area contributed by atoms with Crippen LogP contribution in [0.5, 0.6) is 0 Å². The minimum absolute atomic E-state index is 0.0866. The molecule has 2 aliphatic heterocycles. The van der Waals surface area contributed by atoms with Crippen LogP contribution in [0, 0.1) is 0 Å². The van der Waals surface area contributed by atoms with E-state index >= 15 is 0 Å². The number of H-pyrrole nitrogens is 2. The van der Waals surface area contributed by atoms with E-state index in [0.717, 1.165) is 81.5 Å². The lowest BCUT2D eigenvalue weighted by Crippen LogP contribution is -2.40. The fourth-order valence-electron chi connectivity index (χ4n) is 9.05. The quantitative estimate of drug-likeness (QED) is 0.118. The average Bonchev–Trinajstić information content (AvgIpc) is 4.13. The number of ether oxygens (including phenoxy) is 1. The first-order valence-electron chi connectivity index (χ1n) is 20.8. The van der Waals surface area contributed by atoms with Crippen LogP contribution in [0.4, 0.5) is 4.79 Å². The van der Waals surface area contributed by atoms with Crippen LogP contribution < -0.4 is 5.73 Å². The molecule has 9 rings (SSSR count). The van der Waals surface area contributed by atoms with Crippen molar-refractivity contribution in [1.29, 1.82) is 0 Å². The number of nitrogens with zero attached hydrogens (tertiary/aromatic N) is 5. The number of nitrogens with two attached hydrogens (primary N) is 1. The Labute approximate surface area is 354 Å². The molecule has 0 saturated carbocycles. The Morgan fingerprint density at radius 3 is 1.72 bits per heavy atom. The molecule has 4 heterocycles. The summed E-state index contributed by atoms with van der Waals surface area (Å²) < 4.78 is 5.31. The largest absolute Gasteiger partial charge is 0.431 e. The monoisotopic (exact) mass is 812 g/mol. The molecule has 308 valence electrons. The third-order valence-corrected chi connectivity index (χ3v) is 12.0. The number of primary amides is 1. The lowest BCUT2D eigenvalue weighted by molar-refractivity contribution is -0.141. The van der Waals surface area contributed by atoms with Crippen molar-refractivity contribution in [3.63, 3.8) is 0 Å². The number of carbonyl (C=O) groups is 3. The minimum Gasteiger partial charge on any atom is -0.431 e. The number of nitrogens with one attached hydrogen (secondary N) is 2. The number of likely N-dealkylation sites (N-methyl/N-ethyl adjacent to an activating group) is 1. The Morgan fingerprint density at radius 2 is 1.16 bits per heavy atom. The fraction of sp³-hybridized carbons (Fsp3) is 0.245. The molecule has 2 aliphatic rings. The molecular formula is C49H48N8O4. The summed E-state index contributed by atoms with van der Waals surface area (Å²) in [6.07, 6.45) is 4.82. The van der Waals surface area contributed by atoms with Crippen molar-refractivity contribution in [3.8, 4) is 33.6 Å². The molecule has 0 spiro atoms. The van der Waals surface area contributed by atoms with Gasteiger partial charge in [-0.15, -0.1) is 0 Å². The van der Waals surface area contributed by atoms with E-state index < -0.39 is 18.2 Å². The van der Waals surface area contributed by atoms with E-state index in [1.54, 1.807) is 35.4 Å². The summed E-state index contributed by atoms with van der Waals surface area (Å²) in [5.41, 5.74) is 12.8. The van der Waals surface area contributed by atoms with E-state index in [1.807, 2.05) is 54.4 Å². The lowest BCUT2D eigenvalue weighted by Gasteiger charge is -2.32. The predicted octanol–water partition coefficient (Wildman–Crippen LogP) is 8.75. The van der Waals surface area contributed by atoms with Crippen molar-refractivity contribution < 1.29 is 19.1 Å². The number of fused-ring (bicyclic) bond motifs is 1. The number of amides is 3. The van der Waals surface area contributed by atoms with Crippen LogP contribution in [0.2, 0.25) is 0 Å². The highest BCUT2D eigenvalue weighted by Crippen LogP contribution is 2.38. The van der Waals surface area contributed by atoms with E-state index in [-0.39, 0.29) is 23.9 Å². The van der Waals surface area contributed by atoms with Gasteiger partial charge in [0.2, 0.25) is 12.0 Å². The topological polar surface area (TPSA) is 154 Å². The van der Waals surface area contributed by atoms with Gasteiger partial charge in [0.05, 0.1) is 35.9 Å². The molecule has 4 N–H and O–H groups in total. The highest BCUT2D eigenvalue weighted by atomic mass is 16.6. The summed E-state index contributed by atoms with van der Waals surface area (Å²) in [6.45, 7) is 1.21. The van der Waals surface area contributed by atoms with Gasteiger partial charge in [0.1, 0.15) is 17.7 Å². The standard InChI is InChI=1S/C49H48N8O4/c1-55(2)43(38-16-8-14-33-11-6-7-15-37(33)38)47(58)56-27-9-17-41(56)45-51-29-39(53-45)34-23-19-31(20-24-34)32-21-25-35(26-22-32)40-30-52-46(54-40)42-18-10-28-57(42)48(59)44(61-49(50)60)36-12-4-3-5-13-36/h3-8,11-16,19-26,29-30,41-44H,9-10,17-18,27-28H2,1-2H3,(H2,50,60)(H,51,53)(H,52,54)/t41-,42-,43?,44+/m0/s1. The highest BCUT2D eigenvalue weighted by Gasteiger charge is 2.39. The Morgan fingerprint density at radius 1 is 0.656 bits per heavy atom. The second kappa shape index (κ2) is 16.9. The number of imidazole rings is 2. The van der Waals surface area contributed by atoms with Gasteiger partial charge < -0.3 is 30.2 Å². The van der Waals surface area contributed by atoms with Crippen LogP contribution >= 0.6 is 0 Å². The number of hydrogen-bond donors (Lipinski definition) is 3. The number of aromatic nitrogens is 4. The third kappa shape index (κ3) is 7.89. The molecular weight excluding hydrogens is 765 g/mol. The molecule has 0 radical (unpaired) electrons. The van der Waals surface area contributed by atoms with E-state index in [0.29, 0.717) is 24.5 Å². The van der Waals surface area contributed by atoms with Gasteiger partial charge in [-0.2, -0.15) is 0 Å². The number of likely N-dealkylation sites (tertiary alicyclic amines) is 2. The van der Waals surface area contributed by atoms with E-state index in [4.69, 9.17) is 15.5 Å². The van der Waals surface area contributed by atoms with Crippen molar-refractivity contribution in [2.24, 2.45) is 5.73 Å². The molecule has 61 heavy (non-hydrogen) atoms. The van der Waals surface area contributed by atoms with Gasteiger partial charge in [-0.3, -0.25) is 14.5 Å². The number of hydrogen-bond acceptors (Lipinski definition) is 7. The molecule has 0 aliphatic carbocycles. The zero-order valence-corrected chi connectivity index (χ0v) is 34.2. The third-order valence-electron chi connectivity index (χ3n) is 12.0. The van der Waals surface area contributed by atoms with Gasteiger partial charge in [-0.25, -0.2) is 14.8 Å². The van der Waals surface area contributed by atoms with Crippen molar-refractivity contribution in [1.82, 2.24) is 34.6 Å². The summed E-state index contributed by atoms with van der Waals surface area (Å²) >= 11 is 0. The molecule has 2 aromatic heterocycles. The summed E-state index contributed by atoms with van der Waals surface area (Å²) in [5, 5.41) is 2.22. The summed E-state index contributed by atoms with van der Waals surface area (Å²) in [7, 11) is 3.94. The van der Waals surface area contributed by atoms with Crippen LogP contribution in [0.3, 0.4) is 0 Å². The first kappa shape index (κ1) is 39.4. The van der Waals surface area contributed by atoms with Gasteiger partial charge in [0, 0.05) is 18.7 Å². The minimum atomic E-state index is -1.13. The highest BCUT2D eigenvalue weighted by molar-refractivity contribution is 5.93. The van der Waals surface area contributed by atoms with Gasteiger partial charge in [-0.05, 0) is 78.4 Å². The van der Waals surface area contributed by atoms with Gasteiger partial charge in [0.15, 0.2) is 0 Å². The van der Waals surface area contributed by atoms with Gasteiger partial charge >= 0.3 is 6.09 Å². The lowest BCUT2D eigenvalue weighted by atomic mass is 9.97. The summed E-state index contributed by atoms with van der Waals surface area (Å²) in [4.78, 5) is 62.1. The van der Waals surface area contributed by atoms with Crippen molar-refractivity contribution >= 4 is 28.7 Å². The van der Waals surface area contributed by atoms with E-state index in [2.05, 4.69) is 87.7 Å². The normalized spacial score (nSPS) is 17.5. The Kier molecular flexibility index (Phi) is 10.9. The van der Waals surface area contributed by atoms with Crippen LogP contribution in [0.25, 0.3) is 44.4 Å². The molecule has 2 saturated heterocycles. The first-order chi connectivity index (χ1) is 29.7. The maximum absolute atomic E-state index is 14.4. The maximum Gasteiger partial charge on any atom is 0.405 e. The molecule has 12 nitrogen and oxygen atoms in total. The van der Waals surface area contributed by atoms with Crippen LogP contribution in [0.1, 0.15) is 72.7 Å². The number of carbonyl (C=O) groups excluding carboxylic acids is 3. The van der Waals surface area contributed by atoms with Crippen molar-refractivity contribution in [2.45, 2.75) is 49.9 Å². The van der Waals surface area contributed by atoms with E-state index in [9.17, 15) is 14.4 Å². The average molecular weight is 813 g/mol. The molecule has 2 fully saturated rings. The van der Waals surface area contributed by atoms with E-state index in [1.165, 1.54) is 0 Å². The smallest absolute Gasteiger partial charge is 0.405 e. The predicted molar refractivity (Wildman–Crippen MR) is 235 cm³/mol. The van der Waals surface area contributed by atoms with Crippen LogP contribution in [0.15, 0.2) is 134 Å². The molecule has 5 aromatic carbocycles. The Hall–Kier alpha value is -7.05. The molecule has 3 amide bonds. The van der Waals surface area contributed by atoms with Crippen LogP contribution in [-0.2, 0) is 14.3 Å². The summed E-state index contributed by atoms with van der Waals surface area (Å²) in [5.74, 6) is 1.24. The SMILES string of the molecule is CN(C)C(C(=O)N1CCC[C@H]1c1ncc(-c2ccc(-c3ccc(-c4cnc([C@@H]5CCCN5C(=O)[C@H](OC(N)=O)c5ccccc5)[nH]4)cc3)cc2)[nH]1)c1cccc2ccccc12. The van der Waals surface area contributed by atoms with Crippen molar-refractivity contribution in [3.05, 3.63) is 156 Å². The molecule has 1 unspecified atom stereocenters. The molecule has 0 bridgehead atoms. The zero-order chi connectivity index (χ0) is 42.0. The first-order valence-corrected chi connectivity index (χ1v) is 20.8. The van der Waals surface area contributed by atoms with Gasteiger partial charge in [-0.1, -0.05) is 121 Å². The second-order valence-corrected chi connectivity index (χ2v) is 16.1. The fourth-order valence-corrected chi connectivity index (χ4v) is 9.05. The van der Waals surface area contributed by atoms with Crippen LogP contribution in [-0.4, -0.2) is 79.7 Å². The Bertz CT molecular complexity index is 2670. The molecule has 4 atom stereocenters. The van der Waals surface area contributed by atoms with Gasteiger partial charge in [0.25, 0.3) is 5.91 Å². The maximum atomic E-state index is 14.4. The number of aromatic amines is 2. The molecule has 7 aromatic rings. The molecule has 12 heteroatoms. The zero-order valence-electron chi connectivity index (χ0n) is 34.2. The Balaban J connectivity index is 0.868.